The fourth-order valence-electron chi connectivity index (χ4n) is 2.09. The van der Waals surface area contributed by atoms with E-state index in [1.807, 2.05) is 19.9 Å². The standard InChI is InChI=1S/C18H21N3O2/c1-12(2)20-17(22)14-6-8-16(9-7-14)21-18(23)15-5-3-4-13(10-15)11-19/h3-10,12H,11,19H2,1-2H3,(H,20,22)(H,21,23). The number of benzene rings is 2. The maximum Gasteiger partial charge on any atom is 0.255 e. The van der Waals surface area contributed by atoms with Crippen LogP contribution in [0.1, 0.15) is 40.1 Å². The van der Waals surface area contributed by atoms with Gasteiger partial charge in [0, 0.05) is 29.4 Å². The van der Waals surface area contributed by atoms with Crippen molar-refractivity contribution < 1.29 is 9.59 Å². The van der Waals surface area contributed by atoms with Crippen molar-refractivity contribution in [1.82, 2.24) is 5.32 Å². The predicted molar refractivity (Wildman–Crippen MR) is 91.3 cm³/mol. The molecule has 4 N–H and O–H groups in total. The summed E-state index contributed by atoms with van der Waals surface area (Å²) in [6, 6.07) is 14.0. The molecule has 0 saturated carbocycles. The summed E-state index contributed by atoms with van der Waals surface area (Å²) in [5.74, 6) is -0.340. The fourth-order valence-corrected chi connectivity index (χ4v) is 2.09. The third-order valence-electron chi connectivity index (χ3n) is 3.25. The molecular weight excluding hydrogens is 290 g/mol. The summed E-state index contributed by atoms with van der Waals surface area (Å²) in [6.07, 6.45) is 0. The Bertz CT molecular complexity index is 694. The Kier molecular flexibility index (Phi) is 5.49. The van der Waals surface area contributed by atoms with Gasteiger partial charge in [-0.3, -0.25) is 9.59 Å². The van der Waals surface area contributed by atoms with Crippen LogP contribution in [0.25, 0.3) is 0 Å². The smallest absolute Gasteiger partial charge is 0.255 e. The van der Waals surface area contributed by atoms with Crippen LogP contribution in [0.5, 0.6) is 0 Å². The minimum absolute atomic E-state index is 0.0803. The van der Waals surface area contributed by atoms with Gasteiger partial charge < -0.3 is 16.4 Å². The molecule has 23 heavy (non-hydrogen) atoms. The fraction of sp³-hybridized carbons (Fsp3) is 0.222. The Hall–Kier alpha value is -2.66. The van der Waals surface area contributed by atoms with Crippen molar-refractivity contribution in [1.29, 1.82) is 0 Å². The number of rotatable bonds is 5. The van der Waals surface area contributed by atoms with Gasteiger partial charge in [-0.05, 0) is 55.8 Å². The summed E-state index contributed by atoms with van der Waals surface area (Å²) in [5, 5.41) is 5.62. The largest absolute Gasteiger partial charge is 0.350 e. The molecule has 0 fully saturated rings. The van der Waals surface area contributed by atoms with Crippen molar-refractivity contribution >= 4 is 17.5 Å². The van der Waals surface area contributed by atoms with E-state index in [0.717, 1.165) is 5.56 Å². The molecule has 0 radical (unpaired) electrons. The minimum atomic E-state index is -0.209. The number of hydrogen-bond acceptors (Lipinski definition) is 3. The van der Waals surface area contributed by atoms with Crippen molar-refractivity contribution in [3.8, 4) is 0 Å². The average Bonchev–Trinajstić information content (AvgIpc) is 2.55. The third-order valence-corrected chi connectivity index (χ3v) is 3.25. The van der Waals surface area contributed by atoms with Crippen molar-refractivity contribution in [2.24, 2.45) is 5.73 Å². The summed E-state index contributed by atoms with van der Waals surface area (Å²) in [5.41, 5.74) is 8.22. The van der Waals surface area contributed by atoms with E-state index in [9.17, 15) is 9.59 Å². The molecule has 0 saturated heterocycles. The van der Waals surface area contributed by atoms with Gasteiger partial charge in [0.1, 0.15) is 0 Å². The SMILES string of the molecule is CC(C)NC(=O)c1ccc(NC(=O)c2cccc(CN)c2)cc1. The van der Waals surface area contributed by atoms with Gasteiger partial charge in [-0.2, -0.15) is 0 Å². The zero-order chi connectivity index (χ0) is 16.8. The van der Waals surface area contributed by atoms with Crippen molar-refractivity contribution in [2.45, 2.75) is 26.4 Å². The molecule has 0 spiro atoms. The lowest BCUT2D eigenvalue weighted by Crippen LogP contribution is -2.30. The molecule has 2 aromatic carbocycles. The number of carbonyl (C=O) groups excluding carboxylic acids is 2. The van der Waals surface area contributed by atoms with Crippen molar-refractivity contribution in [3.05, 3.63) is 65.2 Å². The van der Waals surface area contributed by atoms with Gasteiger partial charge in [-0.15, -0.1) is 0 Å². The Morgan fingerprint density at radius 2 is 1.70 bits per heavy atom. The molecular formula is C18H21N3O2. The molecule has 0 aliphatic carbocycles. The molecule has 5 nitrogen and oxygen atoms in total. The van der Waals surface area contributed by atoms with E-state index in [1.165, 1.54) is 0 Å². The van der Waals surface area contributed by atoms with E-state index < -0.39 is 0 Å². The topological polar surface area (TPSA) is 84.2 Å². The molecule has 0 atom stereocenters. The second-order valence-corrected chi connectivity index (χ2v) is 5.56. The number of carbonyl (C=O) groups is 2. The molecule has 0 aliphatic heterocycles. The first-order valence-corrected chi connectivity index (χ1v) is 7.51. The van der Waals surface area contributed by atoms with Gasteiger partial charge in [-0.25, -0.2) is 0 Å². The maximum absolute atomic E-state index is 12.2. The first kappa shape index (κ1) is 16.7. The van der Waals surface area contributed by atoms with Crippen LogP contribution in [0.2, 0.25) is 0 Å². The Labute approximate surface area is 135 Å². The van der Waals surface area contributed by atoms with Crippen molar-refractivity contribution in [3.63, 3.8) is 0 Å². The van der Waals surface area contributed by atoms with Crippen LogP contribution in [0.15, 0.2) is 48.5 Å². The Morgan fingerprint density at radius 3 is 2.30 bits per heavy atom. The van der Waals surface area contributed by atoms with E-state index in [0.29, 0.717) is 23.4 Å². The van der Waals surface area contributed by atoms with Gasteiger partial charge in [0.2, 0.25) is 0 Å². The lowest BCUT2D eigenvalue weighted by molar-refractivity contribution is 0.0942. The molecule has 0 heterocycles. The van der Waals surface area contributed by atoms with Crippen LogP contribution in [0.4, 0.5) is 5.69 Å². The van der Waals surface area contributed by atoms with Crippen LogP contribution < -0.4 is 16.4 Å². The summed E-state index contributed by atoms with van der Waals surface area (Å²) in [4.78, 5) is 24.1. The molecule has 2 amide bonds. The lowest BCUT2D eigenvalue weighted by Gasteiger charge is -2.10. The first-order valence-electron chi connectivity index (χ1n) is 7.51. The number of nitrogens with two attached hydrogens (primary N) is 1. The quantitative estimate of drug-likeness (QED) is 0.793. The van der Waals surface area contributed by atoms with Crippen LogP contribution in [-0.4, -0.2) is 17.9 Å². The zero-order valence-corrected chi connectivity index (χ0v) is 13.3. The van der Waals surface area contributed by atoms with Gasteiger partial charge >= 0.3 is 0 Å². The first-order chi connectivity index (χ1) is 11.0. The lowest BCUT2D eigenvalue weighted by atomic mass is 10.1. The zero-order valence-electron chi connectivity index (χ0n) is 13.3. The number of amides is 2. The third kappa shape index (κ3) is 4.66. The number of nitrogens with one attached hydrogen (secondary N) is 2. The second-order valence-electron chi connectivity index (χ2n) is 5.56. The van der Waals surface area contributed by atoms with Crippen LogP contribution in [0.3, 0.4) is 0 Å². The van der Waals surface area contributed by atoms with Crippen molar-refractivity contribution in [2.75, 3.05) is 5.32 Å². The molecule has 0 unspecified atom stereocenters. The molecule has 0 aliphatic rings. The number of anilines is 1. The molecule has 2 rings (SSSR count). The van der Waals surface area contributed by atoms with Crippen LogP contribution in [-0.2, 0) is 6.54 Å². The van der Waals surface area contributed by atoms with E-state index in [-0.39, 0.29) is 17.9 Å². The van der Waals surface area contributed by atoms with Gasteiger partial charge in [0.15, 0.2) is 0 Å². The Balaban J connectivity index is 2.05. The highest BCUT2D eigenvalue weighted by atomic mass is 16.2. The van der Waals surface area contributed by atoms with E-state index in [4.69, 9.17) is 5.73 Å². The highest BCUT2D eigenvalue weighted by Gasteiger charge is 2.09. The van der Waals surface area contributed by atoms with Gasteiger partial charge in [0.05, 0.1) is 0 Å². The highest BCUT2D eigenvalue weighted by molar-refractivity contribution is 6.04. The van der Waals surface area contributed by atoms with Gasteiger partial charge in [-0.1, -0.05) is 12.1 Å². The van der Waals surface area contributed by atoms with E-state index >= 15 is 0 Å². The highest BCUT2D eigenvalue weighted by Crippen LogP contribution is 2.12. The van der Waals surface area contributed by atoms with E-state index in [1.54, 1.807) is 42.5 Å². The van der Waals surface area contributed by atoms with Gasteiger partial charge in [0.25, 0.3) is 11.8 Å². The molecule has 0 aromatic heterocycles. The molecule has 0 bridgehead atoms. The van der Waals surface area contributed by atoms with E-state index in [2.05, 4.69) is 10.6 Å². The normalized spacial score (nSPS) is 10.4. The summed E-state index contributed by atoms with van der Waals surface area (Å²) in [7, 11) is 0. The molecule has 120 valence electrons. The second kappa shape index (κ2) is 7.56. The summed E-state index contributed by atoms with van der Waals surface area (Å²) in [6.45, 7) is 4.20. The van der Waals surface area contributed by atoms with Crippen LogP contribution >= 0.6 is 0 Å². The monoisotopic (exact) mass is 311 g/mol. The summed E-state index contributed by atoms with van der Waals surface area (Å²) < 4.78 is 0. The maximum atomic E-state index is 12.2. The summed E-state index contributed by atoms with van der Waals surface area (Å²) >= 11 is 0. The number of hydrogen-bond donors (Lipinski definition) is 3. The molecule has 5 heteroatoms. The average molecular weight is 311 g/mol. The predicted octanol–water partition coefficient (Wildman–Crippen LogP) is 2.54. The Morgan fingerprint density at radius 1 is 1.00 bits per heavy atom. The molecule has 2 aromatic rings. The minimum Gasteiger partial charge on any atom is -0.350 e. The van der Waals surface area contributed by atoms with Crippen LogP contribution in [0, 0.1) is 0 Å².